The first kappa shape index (κ1) is 25.2. The summed E-state index contributed by atoms with van der Waals surface area (Å²) in [5, 5.41) is 2.80. The highest BCUT2D eigenvalue weighted by atomic mass is 31.2. The Kier molecular flexibility index (Phi) is 8.18. The van der Waals surface area contributed by atoms with Crippen LogP contribution in [0.5, 0.6) is 5.75 Å². The van der Waals surface area contributed by atoms with Crippen molar-refractivity contribution in [3.05, 3.63) is 59.2 Å². The van der Waals surface area contributed by atoms with Crippen LogP contribution in [0.15, 0.2) is 42.5 Å². The number of benzene rings is 2. The molecule has 0 atom stereocenters. The number of anilines is 1. The largest absolute Gasteiger partial charge is 0.497 e. The van der Waals surface area contributed by atoms with Crippen molar-refractivity contribution in [1.82, 2.24) is 0 Å². The van der Waals surface area contributed by atoms with E-state index in [1.807, 2.05) is 56.3 Å². The second-order valence-electron chi connectivity index (χ2n) is 9.06. The maximum absolute atomic E-state index is 13.8. The second kappa shape index (κ2) is 10.7. The summed E-state index contributed by atoms with van der Waals surface area (Å²) in [6.45, 7) is 8.53. The predicted molar refractivity (Wildman–Crippen MR) is 137 cm³/mol. The van der Waals surface area contributed by atoms with Crippen molar-refractivity contribution in [2.45, 2.75) is 58.7 Å². The average molecular weight is 471 g/mol. The van der Waals surface area contributed by atoms with Gasteiger partial charge in [-0.25, -0.2) is 4.79 Å². The fourth-order valence-electron chi connectivity index (χ4n) is 5.13. The molecule has 1 saturated carbocycles. The molecule has 0 aliphatic heterocycles. The molecule has 0 unspecified atom stereocenters. The fourth-order valence-corrected chi connectivity index (χ4v) is 9.88. The molecule has 0 bridgehead atoms. The van der Waals surface area contributed by atoms with Gasteiger partial charge in [0.25, 0.3) is 5.91 Å². The Morgan fingerprint density at radius 2 is 1.64 bits per heavy atom. The first-order valence-corrected chi connectivity index (χ1v) is 14.2. The van der Waals surface area contributed by atoms with Crippen LogP contribution in [0, 0.1) is 13.8 Å². The monoisotopic (exact) mass is 470 g/mol. The fraction of sp³-hybridized carbons (Fsp3) is 0.481. The number of hydrogen-bond donors (Lipinski definition) is 1. The highest BCUT2D eigenvalue weighted by molar-refractivity contribution is 7.79. The molecule has 1 aliphatic carbocycles. The average Bonchev–Trinajstić information content (AvgIpc) is 2.79. The highest BCUT2D eigenvalue weighted by Gasteiger charge is 2.64. The summed E-state index contributed by atoms with van der Waals surface area (Å²) in [7, 11) is -0.274. The third kappa shape index (κ3) is 5.09. The van der Waals surface area contributed by atoms with Crippen LogP contribution in [-0.2, 0) is 20.9 Å². The molecule has 6 heteroatoms. The maximum atomic E-state index is 13.8. The van der Waals surface area contributed by atoms with Crippen LogP contribution in [0.25, 0.3) is 0 Å². The molecule has 0 spiro atoms. The van der Waals surface area contributed by atoms with Crippen LogP contribution >= 0.6 is 7.26 Å². The molecule has 1 fully saturated rings. The third-order valence-electron chi connectivity index (χ3n) is 7.38. The summed E-state index contributed by atoms with van der Waals surface area (Å²) in [6.07, 6.45) is 4.79. The number of methoxy groups -OCH3 is 1. The number of nitrogens with one attached hydrogen (secondary N) is 1. The molecular formula is C27H37NO4P+. The molecule has 2 aromatic rings. The van der Waals surface area contributed by atoms with Crippen LogP contribution in [0.4, 0.5) is 5.69 Å². The Labute approximate surface area is 198 Å². The number of aryl methyl sites for hydroxylation is 2. The maximum Gasteiger partial charge on any atom is 0.344 e. The Morgan fingerprint density at radius 1 is 1.03 bits per heavy atom. The zero-order chi connectivity index (χ0) is 24.1. The molecule has 1 amide bonds. The number of carbonyl (C=O) groups excluding carboxylic acids is 2. The first-order chi connectivity index (χ1) is 15.8. The Bertz CT molecular complexity index is 958. The van der Waals surface area contributed by atoms with Crippen LogP contribution in [-0.4, -0.2) is 42.6 Å². The third-order valence-corrected chi connectivity index (χ3v) is 13.1. The molecular weight excluding hydrogens is 433 g/mol. The lowest BCUT2D eigenvalue weighted by molar-refractivity contribution is -0.141. The Morgan fingerprint density at radius 3 is 2.12 bits per heavy atom. The summed E-state index contributed by atoms with van der Waals surface area (Å²) < 4.78 is 11.0. The lowest BCUT2D eigenvalue weighted by atomic mass is 9.83. The van der Waals surface area contributed by atoms with E-state index < -0.39 is 12.4 Å². The Balaban J connectivity index is 1.80. The van der Waals surface area contributed by atoms with E-state index in [4.69, 9.17) is 9.47 Å². The Hall–Kier alpha value is -2.39. The first-order valence-electron chi connectivity index (χ1n) is 11.8. The summed E-state index contributed by atoms with van der Waals surface area (Å²) in [4.78, 5) is 26.8. The van der Waals surface area contributed by atoms with Crippen molar-refractivity contribution in [2.75, 3.05) is 30.9 Å². The summed E-state index contributed by atoms with van der Waals surface area (Å²) in [5.41, 5.74) is 3.79. The van der Waals surface area contributed by atoms with Crippen molar-refractivity contribution in [3.63, 3.8) is 0 Å². The molecule has 33 heavy (non-hydrogen) atoms. The lowest BCUT2D eigenvalue weighted by Crippen LogP contribution is -2.52. The summed E-state index contributed by atoms with van der Waals surface area (Å²) in [5.74, 6) is 0.663. The zero-order valence-electron chi connectivity index (χ0n) is 20.6. The van der Waals surface area contributed by atoms with E-state index in [0.717, 1.165) is 59.7 Å². The summed E-state index contributed by atoms with van der Waals surface area (Å²) >= 11 is 0. The minimum absolute atomic E-state index is 0.0676. The molecule has 1 aliphatic rings. The standard InChI is InChI=1S/C27H36NO4P/c1-6-33(7-2,19-24(29)32-18-22-12-9-8-10-13-22)27(14-11-15-27)26(30)28-25-20(3)16-23(31-5)17-21(25)4/h8-10,12-13,16-17H,6-7,11,14-15,18-19H2,1-5H3/p+1. The second-order valence-corrected chi connectivity index (χ2v) is 13.8. The van der Waals surface area contributed by atoms with Gasteiger partial charge in [0.2, 0.25) is 0 Å². The van der Waals surface area contributed by atoms with Gasteiger partial charge in [-0.1, -0.05) is 30.3 Å². The zero-order valence-corrected chi connectivity index (χ0v) is 21.5. The van der Waals surface area contributed by atoms with Crippen molar-refractivity contribution in [1.29, 1.82) is 0 Å². The number of hydrogen-bond acceptors (Lipinski definition) is 4. The van der Waals surface area contributed by atoms with Crippen molar-refractivity contribution < 1.29 is 19.1 Å². The predicted octanol–water partition coefficient (Wildman–Crippen LogP) is 5.97. The molecule has 3 rings (SSSR count). The van der Waals surface area contributed by atoms with Gasteiger partial charge in [-0.15, -0.1) is 0 Å². The van der Waals surface area contributed by atoms with E-state index in [0.29, 0.717) is 6.16 Å². The number of amides is 1. The highest BCUT2D eigenvalue weighted by Crippen LogP contribution is 2.74. The van der Waals surface area contributed by atoms with Crippen LogP contribution in [0.3, 0.4) is 0 Å². The van der Waals surface area contributed by atoms with Crippen LogP contribution in [0.1, 0.15) is 49.8 Å². The van der Waals surface area contributed by atoms with E-state index in [9.17, 15) is 9.59 Å². The number of esters is 1. The minimum Gasteiger partial charge on any atom is -0.497 e. The molecule has 2 aromatic carbocycles. The van der Waals surface area contributed by atoms with Gasteiger partial charge in [0.05, 0.1) is 19.4 Å². The van der Waals surface area contributed by atoms with E-state index in [1.165, 1.54) is 0 Å². The van der Waals surface area contributed by atoms with Gasteiger partial charge in [-0.05, 0) is 75.8 Å². The van der Waals surface area contributed by atoms with E-state index in [-0.39, 0.29) is 18.5 Å². The summed E-state index contributed by atoms with van der Waals surface area (Å²) in [6, 6.07) is 13.6. The molecule has 178 valence electrons. The molecule has 0 heterocycles. The quantitative estimate of drug-likeness (QED) is 0.343. The smallest absolute Gasteiger partial charge is 0.344 e. The van der Waals surface area contributed by atoms with Gasteiger partial charge in [-0.3, -0.25) is 4.79 Å². The minimum atomic E-state index is -1.92. The number of carbonyl (C=O) groups is 2. The van der Waals surface area contributed by atoms with E-state index >= 15 is 0 Å². The van der Waals surface area contributed by atoms with Crippen LogP contribution in [0.2, 0.25) is 0 Å². The van der Waals surface area contributed by atoms with Crippen molar-refractivity contribution in [3.8, 4) is 5.75 Å². The van der Waals surface area contributed by atoms with E-state index in [2.05, 4.69) is 19.2 Å². The van der Waals surface area contributed by atoms with Crippen molar-refractivity contribution in [2.24, 2.45) is 0 Å². The van der Waals surface area contributed by atoms with E-state index in [1.54, 1.807) is 7.11 Å². The molecule has 0 saturated heterocycles. The van der Waals surface area contributed by atoms with Crippen LogP contribution < -0.4 is 10.1 Å². The topological polar surface area (TPSA) is 64.6 Å². The molecule has 0 aromatic heterocycles. The molecule has 5 nitrogen and oxygen atoms in total. The SMILES string of the molecule is CC[P+](CC)(CC(=O)OCc1ccccc1)C1(C(=O)Nc2c(C)cc(OC)cc2C)CCC1. The normalized spacial score (nSPS) is 14.8. The lowest BCUT2D eigenvalue weighted by Gasteiger charge is -2.48. The van der Waals surface area contributed by atoms with Gasteiger partial charge in [-0.2, -0.15) is 0 Å². The molecule has 0 radical (unpaired) electrons. The van der Waals surface area contributed by atoms with Gasteiger partial charge in [0, 0.05) is 12.9 Å². The van der Waals surface area contributed by atoms with Crippen molar-refractivity contribution >= 4 is 24.8 Å². The van der Waals surface area contributed by atoms with Gasteiger partial charge < -0.3 is 14.8 Å². The number of ether oxygens (including phenoxy) is 2. The van der Waals surface area contributed by atoms with Gasteiger partial charge in [0.1, 0.15) is 12.4 Å². The van der Waals surface area contributed by atoms with Gasteiger partial charge in [0.15, 0.2) is 11.3 Å². The molecule has 1 N–H and O–H groups in total. The number of rotatable bonds is 10. The van der Waals surface area contributed by atoms with Gasteiger partial charge >= 0.3 is 5.97 Å².